The van der Waals surface area contributed by atoms with Crippen molar-refractivity contribution < 1.29 is 9.53 Å². The standard InChI is InChI=1S/C14H18ClN3O2/c1-9(2)20-14(19)17-13-16-8-12(18(13)3)10-4-6-11(15)7-5-10/h4-7,9,12H,8H2,1-3H3,(H,16,17,19). The van der Waals surface area contributed by atoms with Crippen molar-refractivity contribution in [2.75, 3.05) is 13.6 Å². The SMILES string of the molecule is CC(C)OC(=O)NC1=NCC(c2ccc(Cl)cc2)N1C. The molecule has 6 heteroatoms. The molecular weight excluding hydrogens is 278 g/mol. The average molecular weight is 296 g/mol. The van der Waals surface area contributed by atoms with Gasteiger partial charge in [-0.3, -0.25) is 10.3 Å². The van der Waals surface area contributed by atoms with Crippen LogP contribution in [0.3, 0.4) is 0 Å². The molecular formula is C14H18ClN3O2. The van der Waals surface area contributed by atoms with E-state index < -0.39 is 6.09 Å². The van der Waals surface area contributed by atoms with Crippen LogP contribution in [0.15, 0.2) is 29.3 Å². The second-order valence-electron chi connectivity index (χ2n) is 4.92. The van der Waals surface area contributed by atoms with E-state index in [9.17, 15) is 4.79 Å². The summed E-state index contributed by atoms with van der Waals surface area (Å²) >= 11 is 5.88. The summed E-state index contributed by atoms with van der Waals surface area (Å²) in [5, 5.41) is 3.36. The molecule has 0 radical (unpaired) electrons. The minimum Gasteiger partial charge on any atom is -0.447 e. The molecule has 0 aliphatic carbocycles. The van der Waals surface area contributed by atoms with Crippen molar-refractivity contribution in [2.24, 2.45) is 4.99 Å². The second-order valence-corrected chi connectivity index (χ2v) is 5.36. The van der Waals surface area contributed by atoms with Crippen LogP contribution in [0.4, 0.5) is 4.79 Å². The Morgan fingerprint density at radius 3 is 2.70 bits per heavy atom. The number of rotatable bonds is 2. The topological polar surface area (TPSA) is 53.9 Å². The molecule has 1 aromatic carbocycles. The number of guanidine groups is 1. The molecule has 0 bridgehead atoms. The minimum absolute atomic E-state index is 0.0987. The quantitative estimate of drug-likeness (QED) is 0.913. The molecule has 0 aromatic heterocycles. The zero-order chi connectivity index (χ0) is 14.7. The number of alkyl carbamates (subject to hydrolysis) is 1. The highest BCUT2D eigenvalue weighted by Crippen LogP contribution is 2.25. The maximum Gasteiger partial charge on any atom is 0.414 e. The first kappa shape index (κ1) is 14.7. The summed E-state index contributed by atoms with van der Waals surface area (Å²) in [4.78, 5) is 17.8. The van der Waals surface area contributed by atoms with Crippen molar-refractivity contribution in [3.8, 4) is 0 Å². The van der Waals surface area contributed by atoms with Gasteiger partial charge in [0.25, 0.3) is 0 Å². The fraction of sp³-hybridized carbons (Fsp3) is 0.429. The van der Waals surface area contributed by atoms with Crippen molar-refractivity contribution in [3.63, 3.8) is 0 Å². The molecule has 1 aliphatic heterocycles. The third kappa shape index (κ3) is 3.42. The molecule has 1 N–H and O–H groups in total. The number of hydrogen-bond acceptors (Lipinski definition) is 4. The number of carbonyl (C=O) groups excluding carboxylic acids is 1. The zero-order valence-electron chi connectivity index (χ0n) is 11.8. The molecule has 1 amide bonds. The number of hydrogen-bond donors (Lipinski definition) is 1. The Hall–Kier alpha value is -1.75. The molecule has 0 saturated heterocycles. The Morgan fingerprint density at radius 2 is 2.10 bits per heavy atom. The van der Waals surface area contributed by atoms with E-state index >= 15 is 0 Å². The van der Waals surface area contributed by atoms with Crippen molar-refractivity contribution in [3.05, 3.63) is 34.9 Å². The lowest BCUT2D eigenvalue weighted by Crippen LogP contribution is -2.41. The van der Waals surface area contributed by atoms with E-state index in [4.69, 9.17) is 16.3 Å². The first-order valence-corrected chi connectivity index (χ1v) is 6.85. The number of ether oxygens (including phenoxy) is 1. The predicted octanol–water partition coefficient (Wildman–Crippen LogP) is 2.82. The fourth-order valence-electron chi connectivity index (χ4n) is 2.03. The molecule has 1 atom stereocenters. The van der Waals surface area contributed by atoms with E-state index in [-0.39, 0.29) is 12.1 Å². The largest absolute Gasteiger partial charge is 0.447 e. The van der Waals surface area contributed by atoms with Gasteiger partial charge in [0.15, 0.2) is 0 Å². The molecule has 1 unspecified atom stereocenters. The highest BCUT2D eigenvalue weighted by Gasteiger charge is 2.27. The third-order valence-corrected chi connectivity index (χ3v) is 3.28. The molecule has 1 heterocycles. The Morgan fingerprint density at radius 1 is 1.45 bits per heavy atom. The normalized spacial score (nSPS) is 18.1. The van der Waals surface area contributed by atoms with Gasteiger partial charge in [-0.15, -0.1) is 0 Å². The first-order valence-electron chi connectivity index (χ1n) is 6.47. The van der Waals surface area contributed by atoms with E-state index in [1.165, 1.54) is 0 Å². The summed E-state index contributed by atoms with van der Waals surface area (Å²) in [6, 6.07) is 7.73. The summed E-state index contributed by atoms with van der Waals surface area (Å²) in [5.41, 5.74) is 1.11. The van der Waals surface area contributed by atoms with Crippen molar-refractivity contribution in [1.82, 2.24) is 10.2 Å². The van der Waals surface area contributed by atoms with Crippen LogP contribution in [0.5, 0.6) is 0 Å². The molecule has 0 spiro atoms. The number of nitrogens with zero attached hydrogens (tertiary/aromatic N) is 2. The molecule has 108 valence electrons. The predicted molar refractivity (Wildman–Crippen MR) is 79.0 cm³/mol. The summed E-state index contributed by atoms with van der Waals surface area (Å²) < 4.78 is 5.04. The Bertz CT molecular complexity index is 514. The van der Waals surface area contributed by atoms with E-state index in [1.54, 1.807) is 13.8 Å². The van der Waals surface area contributed by atoms with Crippen LogP contribution in [-0.4, -0.2) is 36.6 Å². The maximum atomic E-state index is 11.6. The smallest absolute Gasteiger partial charge is 0.414 e. The lowest BCUT2D eigenvalue weighted by atomic mass is 10.1. The van der Waals surface area contributed by atoms with Crippen LogP contribution in [0.2, 0.25) is 5.02 Å². The van der Waals surface area contributed by atoms with Crippen LogP contribution in [-0.2, 0) is 4.74 Å². The van der Waals surface area contributed by atoms with E-state index in [2.05, 4.69) is 10.3 Å². The zero-order valence-corrected chi connectivity index (χ0v) is 12.5. The van der Waals surface area contributed by atoms with Gasteiger partial charge >= 0.3 is 6.09 Å². The van der Waals surface area contributed by atoms with Crippen molar-refractivity contribution in [2.45, 2.75) is 26.0 Å². The van der Waals surface area contributed by atoms with Gasteiger partial charge in [0.05, 0.1) is 18.7 Å². The van der Waals surface area contributed by atoms with E-state index in [0.717, 1.165) is 5.56 Å². The average Bonchev–Trinajstić information content (AvgIpc) is 2.71. The maximum absolute atomic E-state index is 11.6. The fourth-order valence-corrected chi connectivity index (χ4v) is 2.16. The number of nitrogens with one attached hydrogen (secondary N) is 1. The van der Waals surface area contributed by atoms with Crippen LogP contribution < -0.4 is 5.32 Å². The monoisotopic (exact) mass is 295 g/mol. The summed E-state index contributed by atoms with van der Waals surface area (Å²) in [6.45, 7) is 4.20. The molecule has 0 fully saturated rings. The number of halogens is 1. The molecule has 2 rings (SSSR count). The van der Waals surface area contributed by atoms with Gasteiger partial charge in [0.2, 0.25) is 5.96 Å². The first-order chi connectivity index (χ1) is 9.47. The number of aliphatic imine (C=N–C) groups is 1. The summed E-state index contributed by atoms with van der Waals surface area (Å²) in [7, 11) is 1.89. The summed E-state index contributed by atoms with van der Waals surface area (Å²) in [6.07, 6.45) is -0.642. The van der Waals surface area contributed by atoms with Gasteiger partial charge in [-0.05, 0) is 31.5 Å². The molecule has 5 nitrogen and oxygen atoms in total. The van der Waals surface area contributed by atoms with Gasteiger partial charge in [0, 0.05) is 12.1 Å². The number of benzene rings is 1. The molecule has 1 aliphatic rings. The number of carbonyl (C=O) groups is 1. The Labute approximate surface area is 123 Å². The van der Waals surface area contributed by atoms with Gasteiger partial charge < -0.3 is 9.64 Å². The molecule has 0 saturated carbocycles. The molecule has 1 aromatic rings. The summed E-state index contributed by atoms with van der Waals surface area (Å²) in [5.74, 6) is 0.524. The Balaban J connectivity index is 1.99. The second kappa shape index (κ2) is 6.13. The van der Waals surface area contributed by atoms with E-state index in [0.29, 0.717) is 17.5 Å². The van der Waals surface area contributed by atoms with Crippen molar-refractivity contribution >= 4 is 23.7 Å². The van der Waals surface area contributed by atoms with Crippen molar-refractivity contribution in [1.29, 1.82) is 0 Å². The highest BCUT2D eigenvalue weighted by molar-refractivity contribution is 6.30. The van der Waals surface area contributed by atoms with Gasteiger partial charge in [-0.1, -0.05) is 23.7 Å². The van der Waals surface area contributed by atoms with Gasteiger partial charge in [-0.2, -0.15) is 0 Å². The molecule has 20 heavy (non-hydrogen) atoms. The lowest BCUT2D eigenvalue weighted by molar-refractivity contribution is 0.119. The lowest BCUT2D eigenvalue weighted by Gasteiger charge is -2.23. The van der Waals surface area contributed by atoms with Crippen LogP contribution in [0.1, 0.15) is 25.5 Å². The van der Waals surface area contributed by atoms with Crippen LogP contribution in [0, 0.1) is 0 Å². The van der Waals surface area contributed by atoms with Crippen LogP contribution >= 0.6 is 11.6 Å². The Kier molecular flexibility index (Phi) is 4.49. The van der Waals surface area contributed by atoms with Gasteiger partial charge in [-0.25, -0.2) is 4.79 Å². The minimum atomic E-state index is -0.484. The third-order valence-electron chi connectivity index (χ3n) is 3.03. The number of amides is 1. The van der Waals surface area contributed by atoms with E-state index in [1.807, 2.05) is 36.2 Å². The number of likely N-dealkylation sites (N-methyl/N-ethyl adjacent to an activating group) is 1. The van der Waals surface area contributed by atoms with Gasteiger partial charge in [0.1, 0.15) is 0 Å². The highest BCUT2D eigenvalue weighted by atomic mass is 35.5. The van der Waals surface area contributed by atoms with Crippen LogP contribution in [0.25, 0.3) is 0 Å².